The van der Waals surface area contributed by atoms with Gasteiger partial charge in [0.05, 0.1) is 6.61 Å². The van der Waals surface area contributed by atoms with Crippen molar-refractivity contribution < 1.29 is 5.11 Å². The number of aromatic nitrogens is 2. The molecular formula is C11H21N3O. The molecule has 3 N–H and O–H groups in total. The summed E-state index contributed by atoms with van der Waals surface area (Å²) in [6.07, 6.45) is 4.52. The molecule has 0 radical (unpaired) electrons. The Bertz CT molecular complexity index is 305. The van der Waals surface area contributed by atoms with Crippen molar-refractivity contribution in [3.63, 3.8) is 0 Å². The zero-order valence-electron chi connectivity index (χ0n) is 9.77. The number of aliphatic hydroxyl groups excluding tert-OH is 1. The van der Waals surface area contributed by atoms with Gasteiger partial charge in [-0.05, 0) is 13.3 Å². The maximum Gasteiger partial charge on any atom is 0.111 e. The summed E-state index contributed by atoms with van der Waals surface area (Å²) in [6, 6.07) is 0. The second-order valence-corrected chi connectivity index (χ2v) is 4.70. The lowest BCUT2D eigenvalue weighted by molar-refractivity contribution is 0.195. The summed E-state index contributed by atoms with van der Waals surface area (Å²) < 4.78 is 2.10. The summed E-state index contributed by atoms with van der Waals surface area (Å²) in [5.41, 5.74) is 5.37. The maximum atomic E-state index is 9.05. The molecule has 0 aromatic carbocycles. The van der Waals surface area contributed by atoms with E-state index in [-0.39, 0.29) is 6.61 Å². The summed E-state index contributed by atoms with van der Waals surface area (Å²) in [7, 11) is 0. The standard InChI is InChI=1S/C11H21N3O/c1-9(2)10-13-5-7-14(10)6-4-11(3,12)8-15/h5,7,9,15H,4,6,8,12H2,1-3H3. The minimum absolute atomic E-state index is 0.0126. The number of hydrogen-bond donors (Lipinski definition) is 2. The molecule has 1 aromatic heterocycles. The van der Waals surface area contributed by atoms with Crippen LogP contribution < -0.4 is 5.73 Å². The van der Waals surface area contributed by atoms with Gasteiger partial charge in [-0.2, -0.15) is 0 Å². The number of aryl methyl sites for hydroxylation is 1. The van der Waals surface area contributed by atoms with Crippen molar-refractivity contribution in [1.82, 2.24) is 9.55 Å². The lowest BCUT2D eigenvalue weighted by Crippen LogP contribution is -2.41. The van der Waals surface area contributed by atoms with E-state index in [9.17, 15) is 0 Å². The highest BCUT2D eigenvalue weighted by Crippen LogP contribution is 2.14. The second-order valence-electron chi connectivity index (χ2n) is 4.70. The Hall–Kier alpha value is -0.870. The van der Waals surface area contributed by atoms with E-state index in [0.29, 0.717) is 5.92 Å². The maximum absolute atomic E-state index is 9.05. The number of nitrogens with zero attached hydrogens (tertiary/aromatic N) is 2. The Kier molecular flexibility index (Phi) is 3.88. The average molecular weight is 211 g/mol. The van der Waals surface area contributed by atoms with E-state index in [1.54, 1.807) is 0 Å². The SMILES string of the molecule is CC(C)c1nccn1CCC(C)(N)CO. The fraction of sp³-hybridized carbons (Fsp3) is 0.727. The number of rotatable bonds is 5. The van der Waals surface area contributed by atoms with Crippen molar-refractivity contribution in [2.24, 2.45) is 5.73 Å². The Morgan fingerprint density at radius 2 is 2.27 bits per heavy atom. The highest BCUT2D eigenvalue weighted by molar-refractivity contribution is 4.98. The first-order valence-corrected chi connectivity index (χ1v) is 5.37. The van der Waals surface area contributed by atoms with Crippen LogP contribution in [0.5, 0.6) is 0 Å². The van der Waals surface area contributed by atoms with Gasteiger partial charge in [0.25, 0.3) is 0 Å². The molecule has 0 aliphatic carbocycles. The molecule has 0 saturated carbocycles. The topological polar surface area (TPSA) is 64.1 Å². The molecule has 1 atom stereocenters. The van der Waals surface area contributed by atoms with Crippen LogP contribution in [0.2, 0.25) is 0 Å². The second kappa shape index (κ2) is 4.77. The van der Waals surface area contributed by atoms with Gasteiger partial charge in [0.1, 0.15) is 5.82 Å². The molecule has 4 nitrogen and oxygen atoms in total. The largest absolute Gasteiger partial charge is 0.394 e. The minimum atomic E-state index is -0.501. The molecule has 0 aliphatic rings. The fourth-order valence-electron chi connectivity index (χ4n) is 1.47. The van der Waals surface area contributed by atoms with E-state index in [1.165, 1.54) is 0 Å². The van der Waals surface area contributed by atoms with Crippen LogP contribution in [0, 0.1) is 0 Å². The van der Waals surface area contributed by atoms with Gasteiger partial charge in [-0.15, -0.1) is 0 Å². The van der Waals surface area contributed by atoms with Crippen LogP contribution in [0.4, 0.5) is 0 Å². The zero-order chi connectivity index (χ0) is 11.5. The summed E-state index contributed by atoms with van der Waals surface area (Å²) in [4.78, 5) is 4.30. The van der Waals surface area contributed by atoms with Crippen LogP contribution in [0.15, 0.2) is 12.4 Å². The molecule has 1 rings (SSSR count). The number of imidazole rings is 1. The quantitative estimate of drug-likeness (QED) is 0.766. The van der Waals surface area contributed by atoms with Crippen LogP contribution in [-0.2, 0) is 6.54 Å². The van der Waals surface area contributed by atoms with Crippen molar-refractivity contribution in [3.8, 4) is 0 Å². The molecule has 15 heavy (non-hydrogen) atoms. The molecular weight excluding hydrogens is 190 g/mol. The molecule has 1 unspecified atom stereocenters. The Balaban J connectivity index is 2.61. The molecule has 0 saturated heterocycles. The molecule has 1 heterocycles. The van der Waals surface area contributed by atoms with Gasteiger partial charge < -0.3 is 15.4 Å². The van der Waals surface area contributed by atoms with E-state index in [4.69, 9.17) is 10.8 Å². The van der Waals surface area contributed by atoms with E-state index in [0.717, 1.165) is 18.8 Å². The lowest BCUT2D eigenvalue weighted by Gasteiger charge is -2.22. The van der Waals surface area contributed by atoms with Crippen LogP contribution in [-0.4, -0.2) is 26.8 Å². The molecule has 4 heteroatoms. The van der Waals surface area contributed by atoms with E-state index in [2.05, 4.69) is 23.4 Å². The van der Waals surface area contributed by atoms with Gasteiger partial charge >= 0.3 is 0 Å². The van der Waals surface area contributed by atoms with Gasteiger partial charge in [0.15, 0.2) is 0 Å². The molecule has 1 aromatic rings. The van der Waals surface area contributed by atoms with Crippen molar-refractivity contribution in [2.45, 2.75) is 45.2 Å². The third-order valence-corrected chi connectivity index (χ3v) is 2.55. The van der Waals surface area contributed by atoms with E-state index >= 15 is 0 Å². The Morgan fingerprint density at radius 1 is 1.60 bits per heavy atom. The third kappa shape index (κ3) is 3.32. The van der Waals surface area contributed by atoms with Crippen molar-refractivity contribution in [2.75, 3.05) is 6.61 Å². The van der Waals surface area contributed by atoms with Crippen LogP contribution in [0.3, 0.4) is 0 Å². The Labute approximate surface area is 91.1 Å². The molecule has 0 spiro atoms. The lowest BCUT2D eigenvalue weighted by atomic mass is 10.0. The summed E-state index contributed by atoms with van der Waals surface area (Å²) in [6.45, 7) is 6.91. The minimum Gasteiger partial charge on any atom is -0.394 e. The normalized spacial score (nSPS) is 15.6. The fourth-order valence-corrected chi connectivity index (χ4v) is 1.47. The molecule has 0 amide bonds. The van der Waals surface area contributed by atoms with E-state index in [1.807, 2.05) is 19.3 Å². The van der Waals surface area contributed by atoms with Gasteiger partial charge in [-0.3, -0.25) is 0 Å². The molecule has 86 valence electrons. The van der Waals surface area contributed by atoms with Gasteiger partial charge in [-0.1, -0.05) is 13.8 Å². The number of hydrogen-bond acceptors (Lipinski definition) is 3. The van der Waals surface area contributed by atoms with Crippen molar-refractivity contribution in [3.05, 3.63) is 18.2 Å². The van der Waals surface area contributed by atoms with Gasteiger partial charge in [0, 0.05) is 30.4 Å². The predicted molar refractivity (Wildman–Crippen MR) is 60.6 cm³/mol. The first-order valence-electron chi connectivity index (χ1n) is 5.37. The zero-order valence-corrected chi connectivity index (χ0v) is 9.77. The monoisotopic (exact) mass is 211 g/mol. The van der Waals surface area contributed by atoms with Gasteiger partial charge in [0.2, 0.25) is 0 Å². The third-order valence-electron chi connectivity index (χ3n) is 2.55. The predicted octanol–water partition coefficient (Wildman–Crippen LogP) is 1.11. The van der Waals surface area contributed by atoms with Crippen LogP contribution in [0.25, 0.3) is 0 Å². The summed E-state index contributed by atoms with van der Waals surface area (Å²) in [5, 5.41) is 9.05. The van der Waals surface area contributed by atoms with Crippen LogP contribution in [0.1, 0.15) is 38.9 Å². The van der Waals surface area contributed by atoms with Crippen molar-refractivity contribution in [1.29, 1.82) is 0 Å². The molecule has 0 bridgehead atoms. The summed E-state index contributed by atoms with van der Waals surface area (Å²) >= 11 is 0. The smallest absolute Gasteiger partial charge is 0.111 e. The molecule has 0 aliphatic heterocycles. The summed E-state index contributed by atoms with van der Waals surface area (Å²) in [5.74, 6) is 1.49. The first kappa shape index (κ1) is 12.2. The highest BCUT2D eigenvalue weighted by Gasteiger charge is 2.17. The average Bonchev–Trinajstić information content (AvgIpc) is 2.63. The number of nitrogens with two attached hydrogens (primary N) is 1. The van der Waals surface area contributed by atoms with Gasteiger partial charge in [-0.25, -0.2) is 4.98 Å². The Morgan fingerprint density at radius 3 is 2.80 bits per heavy atom. The van der Waals surface area contributed by atoms with E-state index < -0.39 is 5.54 Å². The first-order chi connectivity index (χ1) is 6.96. The number of aliphatic hydroxyl groups is 1. The van der Waals surface area contributed by atoms with Crippen LogP contribution >= 0.6 is 0 Å². The van der Waals surface area contributed by atoms with Crippen molar-refractivity contribution >= 4 is 0 Å². The highest BCUT2D eigenvalue weighted by atomic mass is 16.3. The molecule has 0 fully saturated rings.